The minimum Gasteiger partial charge on any atom is -0.347 e. The largest absolute Gasteiger partial charge is 0.416 e. The quantitative estimate of drug-likeness (QED) is 0.826. The number of carbonyl (C=O) groups is 1. The van der Waals surface area contributed by atoms with Crippen molar-refractivity contribution in [2.75, 3.05) is 31.6 Å². The van der Waals surface area contributed by atoms with Crippen molar-refractivity contribution in [2.24, 2.45) is 0 Å². The predicted molar refractivity (Wildman–Crippen MR) is 80.9 cm³/mol. The number of piperidine rings is 1. The average Bonchev–Trinajstić information content (AvgIpc) is 2.97. The van der Waals surface area contributed by atoms with Crippen molar-refractivity contribution in [3.63, 3.8) is 0 Å². The van der Waals surface area contributed by atoms with Crippen LogP contribution >= 0.6 is 11.6 Å². The van der Waals surface area contributed by atoms with Gasteiger partial charge in [-0.05, 0) is 18.2 Å². The van der Waals surface area contributed by atoms with Crippen LogP contribution in [0.1, 0.15) is 18.4 Å². The molecule has 2 saturated heterocycles. The van der Waals surface area contributed by atoms with Gasteiger partial charge in [0.15, 0.2) is 5.79 Å². The first-order valence-corrected chi connectivity index (χ1v) is 7.87. The van der Waals surface area contributed by atoms with Crippen LogP contribution in [0.25, 0.3) is 0 Å². The number of rotatable bonds is 1. The van der Waals surface area contributed by atoms with Crippen LogP contribution in [0.3, 0.4) is 0 Å². The van der Waals surface area contributed by atoms with Crippen LogP contribution in [0.5, 0.6) is 0 Å². The molecule has 0 atom stereocenters. The number of anilines is 1. The fourth-order valence-electron chi connectivity index (χ4n) is 2.83. The van der Waals surface area contributed by atoms with E-state index in [4.69, 9.17) is 21.1 Å². The summed E-state index contributed by atoms with van der Waals surface area (Å²) in [4.78, 5) is 13.8. The molecule has 0 bridgehead atoms. The summed E-state index contributed by atoms with van der Waals surface area (Å²) in [7, 11) is 0. The van der Waals surface area contributed by atoms with Crippen molar-refractivity contribution in [1.29, 1.82) is 0 Å². The van der Waals surface area contributed by atoms with E-state index in [1.807, 2.05) is 0 Å². The Kier molecular flexibility index (Phi) is 4.63. The maximum atomic E-state index is 12.8. The molecule has 2 aliphatic heterocycles. The van der Waals surface area contributed by atoms with Gasteiger partial charge in [0.05, 0.1) is 29.5 Å². The fraction of sp³-hybridized carbons (Fsp3) is 0.533. The van der Waals surface area contributed by atoms with Crippen molar-refractivity contribution in [2.45, 2.75) is 24.8 Å². The topological polar surface area (TPSA) is 50.8 Å². The first kappa shape index (κ1) is 17.3. The lowest BCUT2D eigenvalue weighted by Gasteiger charge is -2.37. The molecule has 2 heterocycles. The third-order valence-corrected chi connectivity index (χ3v) is 4.49. The zero-order valence-corrected chi connectivity index (χ0v) is 13.4. The van der Waals surface area contributed by atoms with Crippen molar-refractivity contribution in [1.82, 2.24) is 4.90 Å². The molecular weight excluding hydrogens is 349 g/mol. The Morgan fingerprint density at radius 3 is 2.42 bits per heavy atom. The van der Waals surface area contributed by atoms with Gasteiger partial charge in [-0.15, -0.1) is 0 Å². The normalized spacial score (nSPS) is 20.4. The number of nitrogens with zero attached hydrogens (tertiary/aromatic N) is 1. The number of amides is 2. The van der Waals surface area contributed by atoms with Crippen LogP contribution < -0.4 is 5.32 Å². The van der Waals surface area contributed by atoms with E-state index >= 15 is 0 Å². The van der Waals surface area contributed by atoms with Gasteiger partial charge in [0.25, 0.3) is 0 Å². The maximum absolute atomic E-state index is 12.8. The van der Waals surface area contributed by atoms with Crippen LogP contribution in [0, 0.1) is 0 Å². The van der Waals surface area contributed by atoms with E-state index in [9.17, 15) is 18.0 Å². The first-order valence-electron chi connectivity index (χ1n) is 7.50. The molecule has 24 heavy (non-hydrogen) atoms. The number of benzene rings is 1. The standard InChI is InChI=1S/C15H16ClF3N2O3/c16-11-2-1-10(15(17,18)19)9-12(11)20-13(22)21-5-3-14(4-6-21)23-7-8-24-14/h1-2,9H,3-8H2,(H,20,22). The van der Waals surface area contributed by atoms with E-state index in [0.717, 1.165) is 18.2 Å². The lowest BCUT2D eigenvalue weighted by molar-refractivity contribution is -0.181. The molecule has 2 aliphatic rings. The molecule has 0 aliphatic carbocycles. The highest BCUT2D eigenvalue weighted by molar-refractivity contribution is 6.33. The zero-order valence-electron chi connectivity index (χ0n) is 12.7. The number of nitrogens with one attached hydrogen (secondary N) is 1. The molecule has 0 aromatic heterocycles. The first-order chi connectivity index (χ1) is 11.3. The van der Waals surface area contributed by atoms with Crippen LogP contribution in [0.2, 0.25) is 5.02 Å². The minimum atomic E-state index is -4.50. The Hall–Kier alpha value is -1.51. The summed E-state index contributed by atoms with van der Waals surface area (Å²) in [5, 5.41) is 2.49. The third-order valence-electron chi connectivity index (χ3n) is 4.16. The Bertz CT molecular complexity index is 623. The highest BCUT2D eigenvalue weighted by Crippen LogP contribution is 2.35. The fourth-order valence-corrected chi connectivity index (χ4v) is 2.99. The Morgan fingerprint density at radius 2 is 1.83 bits per heavy atom. The molecule has 5 nitrogen and oxygen atoms in total. The van der Waals surface area contributed by atoms with Crippen LogP contribution in [0.15, 0.2) is 18.2 Å². The number of alkyl halides is 3. The number of likely N-dealkylation sites (tertiary alicyclic amines) is 1. The van der Waals surface area contributed by atoms with Gasteiger partial charge < -0.3 is 19.7 Å². The predicted octanol–water partition coefficient (Wildman–Crippen LogP) is 3.73. The number of hydrogen-bond donors (Lipinski definition) is 1. The Balaban J connectivity index is 1.65. The molecular formula is C15H16ClF3N2O3. The number of urea groups is 1. The molecule has 3 rings (SSSR count). The van der Waals surface area contributed by atoms with Gasteiger partial charge in [0, 0.05) is 25.9 Å². The molecule has 0 radical (unpaired) electrons. The number of ether oxygens (including phenoxy) is 2. The summed E-state index contributed by atoms with van der Waals surface area (Å²) in [5.74, 6) is -0.620. The van der Waals surface area contributed by atoms with Crippen molar-refractivity contribution >= 4 is 23.3 Å². The monoisotopic (exact) mass is 364 g/mol. The summed E-state index contributed by atoms with van der Waals surface area (Å²) in [6, 6.07) is 2.32. The van der Waals surface area contributed by atoms with Gasteiger partial charge in [-0.25, -0.2) is 4.79 Å². The van der Waals surface area contributed by atoms with E-state index in [1.165, 1.54) is 4.90 Å². The number of halogens is 4. The van der Waals surface area contributed by atoms with Crippen molar-refractivity contribution in [3.05, 3.63) is 28.8 Å². The SMILES string of the molecule is O=C(Nc1cc(C(F)(F)F)ccc1Cl)N1CCC2(CC1)OCCO2. The van der Waals surface area contributed by atoms with E-state index in [1.54, 1.807) is 0 Å². The highest BCUT2D eigenvalue weighted by Gasteiger charge is 2.41. The summed E-state index contributed by atoms with van der Waals surface area (Å²) in [5.41, 5.74) is -0.933. The molecule has 2 amide bonds. The summed E-state index contributed by atoms with van der Waals surface area (Å²) >= 11 is 5.89. The van der Waals surface area contributed by atoms with E-state index in [-0.39, 0.29) is 10.7 Å². The lowest BCUT2D eigenvalue weighted by atomic mass is 10.0. The molecule has 1 spiro atoms. The second-order valence-electron chi connectivity index (χ2n) is 5.72. The molecule has 1 N–H and O–H groups in total. The number of hydrogen-bond acceptors (Lipinski definition) is 3. The van der Waals surface area contributed by atoms with Crippen molar-refractivity contribution < 1.29 is 27.4 Å². The van der Waals surface area contributed by atoms with Crippen LogP contribution in [0.4, 0.5) is 23.7 Å². The number of carbonyl (C=O) groups excluding carboxylic acids is 1. The molecule has 2 fully saturated rings. The van der Waals surface area contributed by atoms with Crippen molar-refractivity contribution in [3.8, 4) is 0 Å². The zero-order chi connectivity index (χ0) is 17.4. The van der Waals surface area contributed by atoms with Gasteiger partial charge in [-0.3, -0.25) is 0 Å². The van der Waals surface area contributed by atoms with Gasteiger partial charge in [0.2, 0.25) is 0 Å². The van der Waals surface area contributed by atoms with Crippen LogP contribution in [-0.4, -0.2) is 43.0 Å². The smallest absolute Gasteiger partial charge is 0.347 e. The second kappa shape index (κ2) is 6.42. The summed E-state index contributed by atoms with van der Waals surface area (Å²) < 4.78 is 49.4. The lowest BCUT2D eigenvalue weighted by Crippen LogP contribution is -2.48. The van der Waals surface area contributed by atoms with Crippen LogP contribution in [-0.2, 0) is 15.7 Å². The molecule has 132 valence electrons. The average molecular weight is 365 g/mol. The summed E-state index contributed by atoms with van der Waals surface area (Å²) in [6.45, 7) is 1.85. The van der Waals surface area contributed by atoms with E-state index in [2.05, 4.69) is 5.32 Å². The molecule has 1 aromatic carbocycles. The Morgan fingerprint density at radius 1 is 1.21 bits per heavy atom. The van der Waals surface area contributed by atoms with Gasteiger partial charge in [0.1, 0.15) is 0 Å². The second-order valence-corrected chi connectivity index (χ2v) is 6.12. The maximum Gasteiger partial charge on any atom is 0.416 e. The Labute approximate surface area is 141 Å². The molecule has 0 unspecified atom stereocenters. The van der Waals surface area contributed by atoms with E-state index in [0.29, 0.717) is 39.1 Å². The van der Waals surface area contributed by atoms with Gasteiger partial charge >= 0.3 is 12.2 Å². The van der Waals surface area contributed by atoms with Gasteiger partial charge in [-0.2, -0.15) is 13.2 Å². The minimum absolute atomic E-state index is 0.0484. The molecule has 9 heteroatoms. The highest BCUT2D eigenvalue weighted by atomic mass is 35.5. The molecule has 1 aromatic rings. The molecule has 0 saturated carbocycles. The summed E-state index contributed by atoms with van der Waals surface area (Å²) in [6.07, 6.45) is -3.45. The van der Waals surface area contributed by atoms with Gasteiger partial charge in [-0.1, -0.05) is 11.6 Å². The third kappa shape index (κ3) is 3.60. The van der Waals surface area contributed by atoms with E-state index < -0.39 is 23.6 Å².